The molecule has 0 aromatic carbocycles. The highest BCUT2D eigenvalue weighted by molar-refractivity contribution is 5.82. The molecule has 0 heterocycles. The fourth-order valence-electron chi connectivity index (χ4n) is 2.61. The Labute approximate surface area is 115 Å². The number of nitrogens with zero attached hydrogens (tertiary/aromatic N) is 1. The van der Waals surface area contributed by atoms with Gasteiger partial charge in [-0.2, -0.15) is 0 Å². The van der Waals surface area contributed by atoms with Gasteiger partial charge < -0.3 is 10.4 Å². The Morgan fingerprint density at radius 2 is 1.95 bits per heavy atom. The van der Waals surface area contributed by atoms with Crippen molar-refractivity contribution in [1.29, 1.82) is 0 Å². The number of amides is 1. The molecule has 1 aliphatic carbocycles. The molecule has 19 heavy (non-hydrogen) atoms. The average Bonchev–Trinajstić information content (AvgIpc) is 2.38. The van der Waals surface area contributed by atoms with E-state index < -0.39 is 5.97 Å². The zero-order valence-corrected chi connectivity index (χ0v) is 12.0. The number of aliphatic carboxylic acids is 1. The minimum absolute atomic E-state index is 0.0402. The molecule has 1 rings (SSSR count). The van der Waals surface area contributed by atoms with E-state index >= 15 is 0 Å². The lowest BCUT2D eigenvalue weighted by molar-refractivity contribution is -0.140. The first kappa shape index (κ1) is 16.0. The van der Waals surface area contributed by atoms with Gasteiger partial charge in [-0.1, -0.05) is 26.2 Å². The van der Waals surface area contributed by atoms with Gasteiger partial charge in [0.05, 0.1) is 12.6 Å². The number of carbonyl (C=O) groups excluding carboxylic acids is 1. The molecule has 1 fully saturated rings. The summed E-state index contributed by atoms with van der Waals surface area (Å²) in [5, 5.41) is 11.9. The second-order valence-electron chi connectivity index (χ2n) is 5.38. The van der Waals surface area contributed by atoms with E-state index in [-0.39, 0.29) is 24.5 Å². The Morgan fingerprint density at radius 1 is 1.32 bits per heavy atom. The van der Waals surface area contributed by atoms with Crippen LogP contribution in [0.3, 0.4) is 0 Å². The molecular weight excluding hydrogens is 244 g/mol. The molecule has 0 radical (unpaired) electrons. The first-order valence-corrected chi connectivity index (χ1v) is 7.30. The summed E-state index contributed by atoms with van der Waals surface area (Å²) >= 11 is 0. The van der Waals surface area contributed by atoms with Crippen molar-refractivity contribution < 1.29 is 14.7 Å². The fraction of sp³-hybridized carbons (Fsp3) is 0.857. The van der Waals surface area contributed by atoms with Crippen molar-refractivity contribution in [2.75, 3.05) is 13.1 Å². The minimum Gasteiger partial charge on any atom is -0.480 e. The largest absolute Gasteiger partial charge is 0.480 e. The van der Waals surface area contributed by atoms with Crippen LogP contribution in [-0.2, 0) is 9.59 Å². The summed E-state index contributed by atoms with van der Waals surface area (Å²) in [7, 11) is 0. The van der Waals surface area contributed by atoms with E-state index in [0.29, 0.717) is 6.54 Å². The fourth-order valence-corrected chi connectivity index (χ4v) is 2.61. The molecule has 1 aliphatic rings. The summed E-state index contributed by atoms with van der Waals surface area (Å²) in [4.78, 5) is 24.7. The number of carbonyl (C=O) groups is 2. The smallest absolute Gasteiger partial charge is 0.317 e. The molecule has 0 bridgehead atoms. The predicted molar refractivity (Wildman–Crippen MR) is 74.0 cm³/mol. The summed E-state index contributed by atoms with van der Waals surface area (Å²) in [6.07, 6.45) is 6.54. The normalized spacial score (nSPS) is 18.3. The topological polar surface area (TPSA) is 69.6 Å². The molecule has 0 saturated heterocycles. The quantitative estimate of drug-likeness (QED) is 0.737. The first-order chi connectivity index (χ1) is 9.04. The SMILES string of the molecule is CCCN(CC(=O)O)C(C)C(=O)NC1CCCCC1. The Morgan fingerprint density at radius 3 is 2.47 bits per heavy atom. The van der Waals surface area contributed by atoms with Crippen LogP contribution in [0.2, 0.25) is 0 Å². The van der Waals surface area contributed by atoms with E-state index in [2.05, 4.69) is 5.32 Å². The number of carboxylic acid groups (broad SMARTS) is 1. The summed E-state index contributed by atoms with van der Waals surface area (Å²) in [6, 6.07) is -0.102. The van der Waals surface area contributed by atoms with Crippen LogP contribution in [0.15, 0.2) is 0 Å². The number of hydrogen-bond acceptors (Lipinski definition) is 3. The number of carboxylic acids is 1. The maximum Gasteiger partial charge on any atom is 0.317 e. The van der Waals surface area contributed by atoms with Crippen molar-refractivity contribution in [3.8, 4) is 0 Å². The van der Waals surface area contributed by atoms with Crippen molar-refractivity contribution in [3.63, 3.8) is 0 Å². The molecule has 5 heteroatoms. The standard InChI is InChI=1S/C14H26N2O3/c1-3-9-16(10-13(17)18)11(2)14(19)15-12-7-5-4-6-8-12/h11-12H,3-10H2,1-2H3,(H,15,19)(H,17,18). The lowest BCUT2D eigenvalue weighted by atomic mass is 9.95. The summed E-state index contributed by atoms with van der Waals surface area (Å²) in [5.41, 5.74) is 0. The predicted octanol–water partition coefficient (Wildman–Crippen LogP) is 1.62. The van der Waals surface area contributed by atoms with Crippen molar-refractivity contribution >= 4 is 11.9 Å². The Kier molecular flexibility index (Phi) is 6.84. The Bertz CT molecular complexity index is 301. The molecule has 0 aromatic heterocycles. The molecule has 1 amide bonds. The number of rotatable bonds is 7. The van der Waals surface area contributed by atoms with Crippen LogP contribution in [0.4, 0.5) is 0 Å². The van der Waals surface area contributed by atoms with E-state index in [9.17, 15) is 9.59 Å². The summed E-state index contributed by atoms with van der Waals surface area (Å²) in [5.74, 6) is -0.924. The highest BCUT2D eigenvalue weighted by atomic mass is 16.4. The molecule has 1 unspecified atom stereocenters. The summed E-state index contributed by atoms with van der Waals surface area (Å²) < 4.78 is 0. The van der Waals surface area contributed by atoms with Crippen LogP contribution in [0.25, 0.3) is 0 Å². The molecule has 0 spiro atoms. The van der Waals surface area contributed by atoms with Gasteiger partial charge in [-0.3, -0.25) is 14.5 Å². The van der Waals surface area contributed by atoms with Crippen LogP contribution in [0.1, 0.15) is 52.4 Å². The van der Waals surface area contributed by atoms with Gasteiger partial charge in [-0.25, -0.2) is 0 Å². The van der Waals surface area contributed by atoms with Crippen LogP contribution in [-0.4, -0.2) is 47.1 Å². The van der Waals surface area contributed by atoms with E-state index in [0.717, 1.165) is 19.3 Å². The van der Waals surface area contributed by atoms with Crippen LogP contribution in [0, 0.1) is 0 Å². The lowest BCUT2D eigenvalue weighted by Crippen LogP contribution is -2.50. The zero-order chi connectivity index (χ0) is 14.3. The third kappa shape index (κ3) is 5.59. The third-order valence-electron chi connectivity index (χ3n) is 3.73. The molecule has 1 atom stereocenters. The van der Waals surface area contributed by atoms with Gasteiger partial charge in [0.25, 0.3) is 0 Å². The minimum atomic E-state index is -0.884. The molecular formula is C14H26N2O3. The second kappa shape index (κ2) is 8.15. The van der Waals surface area contributed by atoms with E-state index in [1.807, 2.05) is 6.92 Å². The van der Waals surface area contributed by atoms with Gasteiger partial charge >= 0.3 is 5.97 Å². The average molecular weight is 270 g/mol. The molecule has 0 aromatic rings. The number of hydrogen-bond donors (Lipinski definition) is 2. The van der Waals surface area contributed by atoms with Gasteiger partial charge in [0, 0.05) is 6.04 Å². The lowest BCUT2D eigenvalue weighted by Gasteiger charge is -2.29. The highest BCUT2D eigenvalue weighted by Crippen LogP contribution is 2.17. The van der Waals surface area contributed by atoms with Gasteiger partial charge in [0.2, 0.25) is 5.91 Å². The van der Waals surface area contributed by atoms with Gasteiger partial charge in [-0.05, 0) is 32.7 Å². The molecule has 5 nitrogen and oxygen atoms in total. The number of nitrogens with one attached hydrogen (secondary N) is 1. The molecule has 2 N–H and O–H groups in total. The van der Waals surface area contributed by atoms with Crippen molar-refractivity contribution in [2.24, 2.45) is 0 Å². The van der Waals surface area contributed by atoms with Gasteiger partial charge in [0.1, 0.15) is 0 Å². The van der Waals surface area contributed by atoms with Crippen molar-refractivity contribution in [2.45, 2.75) is 64.5 Å². The van der Waals surface area contributed by atoms with E-state index in [1.165, 1.54) is 19.3 Å². The molecule has 1 saturated carbocycles. The second-order valence-corrected chi connectivity index (χ2v) is 5.38. The van der Waals surface area contributed by atoms with Crippen molar-refractivity contribution in [3.05, 3.63) is 0 Å². The van der Waals surface area contributed by atoms with Crippen LogP contribution in [0.5, 0.6) is 0 Å². The van der Waals surface area contributed by atoms with Crippen LogP contribution < -0.4 is 5.32 Å². The molecule has 0 aliphatic heterocycles. The monoisotopic (exact) mass is 270 g/mol. The highest BCUT2D eigenvalue weighted by Gasteiger charge is 2.25. The summed E-state index contributed by atoms with van der Waals surface area (Å²) in [6.45, 7) is 4.33. The Hall–Kier alpha value is -1.10. The molecule has 110 valence electrons. The first-order valence-electron chi connectivity index (χ1n) is 7.30. The Balaban J connectivity index is 2.48. The van der Waals surface area contributed by atoms with Crippen LogP contribution >= 0.6 is 0 Å². The third-order valence-corrected chi connectivity index (χ3v) is 3.73. The maximum absolute atomic E-state index is 12.2. The van der Waals surface area contributed by atoms with Crippen molar-refractivity contribution in [1.82, 2.24) is 10.2 Å². The zero-order valence-electron chi connectivity index (χ0n) is 12.0. The maximum atomic E-state index is 12.2. The van der Waals surface area contributed by atoms with Gasteiger partial charge in [0.15, 0.2) is 0 Å². The van der Waals surface area contributed by atoms with E-state index in [4.69, 9.17) is 5.11 Å². The van der Waals surface area contributed by atoms with E-state index in [1.54, 1.807) is 11.8 Å². The van der Waals surface area contributed by atoms with Gasteiger partial charge in [-0.15, -0.1) is 0 Å².